The van der Waals surface area contributed by atoms with E-state index in [1.165, 1.54) is 18.4 Å². The molecule has 0 aliphatic carbocycles. The topological polar surface area (TPSA) is 123 Å². The minimum Gasteiger partial charge on any atom is -0.489 e. The van der Waals surface area contributed by atoms with Crippen molar-refractivity contribution in [2.24, 2.45) is 5.73 Å². The summed E-state index contributed by atoms with van der Waals surface area (Å²) in [6.07, 6.45) is 1.14. The molecule has 2 amide bonds. The molecule has 10 heteroatoms. The summed E-state index contributed by atoms with van der Waals surface area (Å²) in [6, 6.07) is 15.6. The van der Waals surface area contributed by atoms with Gasteiger partial charge in [-0.2, -0.15) is 0 Å². The molecule has 4 aromatic rings. The van der Waals surface area contributed by atoms with Crippen LogP contribution in [0.1, 0.15) is 22.3 Å². The van der Waals surface area contributed by atoms with Crippen molar-refractivity contribution in [1.82, 2.24) is 4.90 Å². The van der Waals surface area contributed by atoms with E-state index in [0.717, 1.165) is 11.0 Å². The smallest absolute Gasteiger partial charge is 0.323 e. The molecule has 190 valence electrons. The molecule has 0 radical (unpaired) electrons. The van der Waals surface area contributed by atoms with Crippen LogP contribution < -0.4 is 10.5 Å². The largest absolute Gasteiger partial charge is 0.489 e. The van der Waals surface area contributed by atoms with Crippen LogP contribution in [0.4, 0.5) is 8.78 Å². The molecule has 3 aromatic carbocycles. The number of amides is 2. The van der Waals surface area contributed by atoms with Crippen molar-refractivity contribution in [1.29, 1.82) is 0 Å². The number of carbonyl (C=O) groups is 3. The Balaban J connectivity index is 1.46. The standard InChI is InChI=1S/C27H22F2N2O6/c28-22-13-21(26-20(25(22)29)9-11-36-26)17-4-6-19(7-5-17)37-15-16-2-1-3-18(12-16)27(35)31(14-24(33)34)10-8-23(30)32/h1-7,9,11-13H,8,10,14-15H2,(H2,30,32)(H,33,34). The predicted octanol–water partition coefficient (Wildman–Crippen LogP) is 4.36. The van der Waals surface area contributed by atoms with Gasteiger partial charge < -0.3 is 24.9 Å². The zero-order chi connectivity index (χ0) is 26.5. The summed E-state index contributed by atoms with van der Waals surface area (Å²) < 4.78 is 39.1. The molecule has 0 fully saturated rings. The van der Waals surface area contributed by atoms with Gasteiger partial charge in [-0.1, -0.05) is 24.3 Å². The van der Waals surface area contributed by atoms with E-state index >= 15 is 0 Å². The molecule has 1 heterocycles. The second-order valence-corrected chi connectivity index (χ2v) is 8.23. The highest BCUT2D eigenvalue weighted by Crippen LogP contribution is 2.33. The lowest BCUT2D eigenvalue weighted by atomic mass is 10.0. The number of nitrogens with zero attached hydrogens (tertiary/aromatic N) is 1. The van der Waals surface area contributed by atoms with E-state index in [2.05, 4.69) is 0 Å². The zero-order valence-electron chi connectivity index (χ0n) is 19.4. The third-order valence-corrected chi connectivity index (χ3v) is 5.61. The number of fused-ring (bicyclic) bond motifs is 1. The Hall–Kier alpha value is -4.73. The number of carboxylic acids is 1. The summed E-state index contributed by atoms with van der Waals surface area (Å²) in [5, 5.41) is 9.15. The number of carboxylic acid groups (broad SMARTS) is 1. The third-order valence-electron chi connectivity index (χ3n) is 5.61. The van der Waals surface area contributed by atoms with E-state index < -0.39 is 36.0 Å². The van der Waals surface area contributed by atoms with Gasteiger partial charge in [0, 0.05) is 24.1 Å². The van der Waals surface area contributed by atoms with Crippen LogP contribution in [-0.2, 0) is 16.2 Å². The zero-order valence-corrected chi connectivity index (χ0v) is 19.4. The van der Waals surface area contributed by atoms with Crippen molar-refractivity contribution in [3.05, 3.63) is 89.7 Å². The molecule has 0 aliphatic heterocycles. The van der Waals surface area contributed by atoms with Gasteiger partial charge in [-0.3, -0.25) is 14.4 Å². The minimum atomic E-state index is -1.21. The van der Waals surface area contributed by atoms with Crippen LogP contribution >= 0.6 is 0 Å². The van der Waals surface area contributed by atoms with Gasteiger partial charge in [-0.25, -0.2) is 8.78 Å². The van der Waals surface area contributed by atoms with Gasteiger partial charge in [0.05, 0.1) is 11.6 Å². The quantitative estimate of drug-likeness (QED) is 0.328. The molecular weight excluding hydrogens is 486 g/mol. The second-order valence-electron chi connectivity index (χ2n) is 8.23. The summed E-state index contributed by atoms with van der Waals surface area (Å²) in [5.41, 5.74) is 7.26. The van der Waals surface area contributed by atoms with Crippen molar-refractivity contribution in [3.63, 3.8) is 0 Å². The highest BCUT2D eigenvalue weighted by Gasteiger charge is 2.20. The second kappa shape index (κ2) is 10.9. The molecule has 1 aromatic heterocycles. The Bertz CT molecular complexity index is 1470. The Morgan fingerprint density at radius 3 is 2.49 bits per heavy atom. The number of ether oxygens (including phenoxy) is 1. The van der Waals surface area contributed by atoms with E-state index in [4.69, 9.17) is 20.0 Å². The average molecular weight is 508 g/mol. The molecule has 4 rings (SSSR count). The molecular formula is C27H22F2N2O6. The van der Waals surface area contributed by atoms with Crippen LogP contribution in [0.3, 0.4) is 0 Å². The molecule has 0 unspecified atom stereocenters. The molecule has 37 heavy (non-hydrogen) atoms. The van der Waals surface area contributed by atoms with Crippen molar-refractivity contribution in [2.45, 2.75) is 13.0 Å². The lowest BCUT2D eigenvalue weighted by Gasteiger charge is -2.20. The average Bonchev–Trinajstić information content (AvgIpc) is 3.38. The minimum absolute atomic E-state index is 0.0568. The number of hydrogen-bond acceptors (Lipinski definition) is 5. The number of benzene rings is 3. The lowest BCUT2D eigenvalue weighted by molar-refractivity contribution is -0.138. The molecule has 0 spiro atoms. The molecule has 0 bridgehead atoms. The number of nitrogens with two attached hydrogens (primary N) is 1. The molecule has 0 saturated carbocycles. The van der Waals surface area contributed by atoms with E-state index in [9.17, 15) is 23.2 Å². The normalized spacial score (nSPS) is 10.9. The fourth-order valence-corrected chi connectivity index (χ4v) is 3.82. The fourth-order valence-electron chi connectivity index (χ4n) is 3.82. The van der Waals surface area contributed by atoms with Crippen LogP contribution in [-0.4, -0.2) is 40.9 Å². The monoisotopic (exact) mass is 508 g/mol. The number of aliphatic carboxylic acids is 1. The first-order valence-electron chi connectivity index (χ1n) is 11.2. The number of rotatable bonds is 10. The number of furan rings is 1. The Labute approximate surface area is 209 Å². The Kier molecular flexibility index (Phi) is 7.47. The van der Waals surface area contributed by atoms with Crippen LogP contribution in [0.15, 0.2) is 71.3 Å². The fraction of sp³-hybridized carbons (Fsp3) is 0.148. The van der Waals surface area contributed by atoms with Crippen molar-refractivity contribution >= 4 is 28.8 Å². The van der Waals surface area contributed by atoms with Crippen molar-refractivity contribution in [2.75, 3.05) is 13.1 Å². The van der Waals surface area contributed by atoms with E-state index in [-0.39, 0.29) is 36.1 Å². The maximum absolute atomic E-state index is 14.0. The highest BCUT2D eigenvalue weighted by molar-refractivity contribution is 5.96. The Morgan fingerprint density at radius 1 is 1.03 bits per heavy atom. The van der Waals surface area contributed by atoms with Gasteiger partial charge >= 0.3 is 5.97 Å². The van der Waals surface area contributed by atoms with E-state index in [1.807, 2.05) is 0 Å². The number of hydrogen-bond donors (Lipinski definition) is 2. The summed E-state index contributed by atoms with van der Waals surface area (Å²) in [7, 11) is 0. The first-order valence-corrected chi connectivity index (χ1v) is 11.2. The lowest BCUT2D eigenvalue weighted by Crippen LogP contribution is -2.38. The van der Waals surface area contributed by atoms with Gasteiger partial charge in [-0.15, -0.1) is 0 Å². The predicted molar refractivity (Wildman–Crippen MR) is 130 cm³/mol. The van der Waals surface area contributed by atoms with Gasteiger partial charge in [-0.05, 0) is 47.5 Å². The number of halogens is 2. The van der Waals surface area contributed by atoms with Crippen LogP contribution in [0.25, 0.3) is 22.1 Å². The van der Waals surface area contributed by atoms with Crippen LogP contribution in [0, 0.1) is 11.6 Å². The van der Waals surface area contributed by atoms with Gasteiger partial charge in [0.1, 0.15) is 24.5 Å². The third kappa shape index (κ3) is 5.92. The molecule has 0 aliphatic rings. The first kappa shape index (κ1) is 25.4. The van der Waals surface area contributed by atoms with E-state index in [1.54, 1.807) is 42.5 Å². The van der Waals surface area contributed by atoms with Crippen molar-refractivity contribution < 1.29 is 37.4 Å². The first-order chi connectivity index (χ1) is 17.7. The summed E-state index contributed by atoms with van der Waals surface area (Å²) in [4.78, 5) is 36.1. The maximum atomic E-state index is 14.0. The van der Waals surface area contributed by atoms with Crippen molar-refractivity contribution in [3.8, 4) is 16.9 Å². The van der Waals surface area contributed by atoms with Gasteiger partial charge in [0.25, 0.3) is 5.91 Å². The van der Waals surface area contributed by atoms with Crippen LogP contribution in [0.5, 0.6) is 5.75 Å². The summed E-state index contributed by atoms with van der Waals surface area (Å²) in [6.45, 7) is -0.578. The van der Waals surface area contributed by atoms with Crippen LogP contribution in [0.2, 0.25) is 0 Å². The molecule has 0 saturated heterocycles. The summed E-state index contributed by atoms with van der Waals surface area (Å²) in [5.74, 6) is -3.85. The number of primary amides is 1. The molecule has 8 nitrogen and oxygen atoms in total. The highest BCUT2D eigenvalue weighted by atomic mass is 19.2. The molecule has 0 atom stereocenters. The van der Waals surface area contributed by atoms with Gasteiger partial charge in [0.15, 0.2) is 11.6 Å². The maximum Gasteiger partial charge on any atom is 0.323 e. The van der Waals surface area contributed by atoms with E-state index in [0.29, 0.717) is 22.4 Å². The number of carbonyl (C=O) groups excluding carboxylic acids is 2. The summed E-state index contributed by atoms with van der Waals surface area (Å²) >= 11 is 0. The SMILES string of the molecule is NC(=O)CCN(CC(=O)O)C(=O)c1cccc(COc2ccc(-c3cc(F)c(F)c4ccoc34)cc2)c1. The Morgan fingerprint density at radius 2 is 1.78 bits per heavy atom. The molecule has 3 N–H and O–H groups in total. The van der Waals surface area contributed by atoms with Gasteiger partial charge in [0.2, 0.25) is 5.91 Å².